The first-order valence-corrected chi connectivity index (χ1v) is 10.1. The second kappa shape index (κ2) is 7.84. The van der Waals surface area contributed by atoms with Crippen molar-refractivity contribution in [3.05, 3.63) is 89.5 Å². The summed E-state index contributed by atoms with van der Waals surface area (Å²) in [6.45, 7) is 4.12. The highest BCUT2D eigenvalue weighted by molar-refractivity contribution is 7.92. The molecule has 0 amide bonds. The summed E-state index contributed by atoms with van der Waals surface area (Å²) in [6.07, 6.45) is 0. The minimum absolute atomic E-state index is 0.246. The minimum Gasteiger partial charge on any atom is -0.497 e. The molecule has 0 aliphatic rings. The van der Waals surface area contributed by atoms with Crippen molar-refractivity contribution in [2.75, 3.05) is 11.4 Å². The molecule has 0 fully saturated rings. The van der Waals surface area contributed by atoms with Gasteiger partial charge in [0.05, 0.1) is 24.2 Å². The molecule has 0 heterocycles. The fourth-order valence-electron chi connectivity index (χ4n) is 2.93. The number of ether oxygens (including phenoxy) is 1. The van der Waals surface area contributed by atoms with E-state index < -0.39 is 10.0 Å². The SMILES string of the molecule is COc1cccc(N(Cc2ccccc2C)S(=O)(=O)c2cccc(C)c2)c1. The van der Waals surface area contributed by atoms with Crippen LogP contribution in [0.1, 0.15) is 16.7 Å². The molecule has 0 aromatic heterocycles. The van der Waals surface area contributed by atoms with Gasteiger partial charge in [0.2, 0.25) is 0 Å². The molecule has 5 heteroatoms. The van der Waals surface area contributed by atoms with Crippen molar-refractivity contribution in [3.8, 4) is 5.75 Å². The van der Waals surface area contributed by atoms with E-state index in [1.165, 1.54) is 4.31 Å². The van der Waals surface area contributed by atoms with Crippen molar-refractivity contribution in [3.63, 3.8) is 0 Å². The molecule has 27 heavy (non-hydrogen) atoms. The van der Waals surface area contributed by atoms with Crippen molar-refractivity contribution in [2.24, 2.45) is 0 Å². The Labute approximate surface area is 161 Å². The third-order valence-electron chi connectivity index (χ3n) is 4.49. The standard InChI is InChI=1S/C22H23NO3S/c1-17-8-6-13-22(14-17)27(24,25)23(16-19-10-5-4-9-18(19)2)20-11-7-12-21(15-20)26-3/h4-15H,16H2,1-3H3. The topological polar surface area (TPSA) is 46.6 Å². The summed E-state index contributed by atoms with van der Waals surface area (Å²) in [6, 6.07) is 21.9. The Morgan fingerprint density at radius 3 is 2.33 bits per heavy atom. The summed E-state index contributed by atoms with van der Waals surface area (Å²) < 4.78 is 33.7. The van der Waals surface area contributed by atoms with Crippen LogP contribution in [-0.4, -0.2) is 15.5 Å². The first-order chi connectivity index (χ1) is 12.9. The highest BCUT2D eigenvalue weighted by Gasteiger charge is 2.26. The average molecular weight is 381 g/mol. The number of rotatable bonds is 6. The van der Waals surface area contributed by atoms with E-state index in [1.54, 1.807) is 49.6 Å². The van der Waals surface area contributed by atoms with E-state index in [4.69, 9.17) is 4.74 Å². The molecule has 0 atom stereocenters. The Bertz CT molecular complexity index is 1040. The van der Waals surface area contributed by atoms with Crippen LogP contribution in [0.2, 0.25) is 0 Å². The number of aryl methyl sites for hydroxylation is 2. The van der Waals surface area contributed by atoms with Gasteiger partial charge >= 0.3 is 0 Å². The second-order valence-corrected chi connectivity index (χ2v) is 8.32. The van der Waals surface area contributed by atoms with E-state index >= 15 is 0 Å². The van der Waals surface area contributed by atoms with Gasteiger partial charge in [0.1, 0.15) is 5.75 Å². The fourth-order valence-corrected chi connectivity index (χ4v) is 4.47. The number of hydrogen-bond donors (Lipinski definition) is 0. The predicted molar refractivity (Wildman–Crippen MR) is 109 cm³/mol. The molecular formula is C22H23NO3S. The van der Waals surface area contributed by atoms with Crippen LogP contribution in [0.15, 0.2) is 77.7 Å². The van der Waals surface area contributed by atoms with Gasteiger partial charge in [0, 0.05) is 6.07 Å². The number of methoxy groups -OCH3 is 1. The quantitative estimate of drug-likeness (QED) is 0.621. The Kier molecular flexibility index (Phi) is 5.51. The van der Waals surface area contributed by atoms with Gasteiger partial charge in [-0.25, -0.2) is 8.42 Å². The molecule has 0 unspecified atom stereocenters. The third kappa shape index (κ3) is 4.14. The van der Waals surface area contributed by atoms with Gasteiger partial charge in [-0.2, -0.15) is 0 Å². The van der Waals surface area contributed by atoms with Crippen molar-refractivity contribution in [1.82, 2.24) is 0 Å². The van der Waals surface area contributed by atoms with Gasteiger partial charge in [-0.15, -0.1) is 0 Å². The van der Waals surface area contributed by atoms with Gasteiger partial charge in [0.15, 0.2) is 0 Å². The summed E-state index contributed by atoms with van der Waals surface area (Å²) in [5, 5.41) is 0. The van der Waals surface area contributed by atoms with Crippen molar-refractivity contribution < 1.29 is 13.2 Å². The maximum Gasteiger partial charge on any atom is 0.264 e. The smallest absolute Gasteiger partial charge is 0.264 e. The molecule has 3 rings (SSSR count). The van der Waals surface area contributed by atoms with Crippen molar-refractivity contribution >= 4 is 15.7 Å². The molecular weight excluding hydrogens is 358 g/mol. The Balaban J connectivity index is 2.13. The number of benzene rings is 3. The molecule has 140 valence electrons. The van der Waals surface area contributed by atoms with Gasteiger partial charge < -0.3 is 4.74 Å². The van der Waals surface area contributed by atoms with Crippen LogP contribution in [0.5, 0.6) is 5.75 Å². The fraction of sp³-hybridized carbons (Fsp3) is 0.182. The van der Waals surface area contributed by atoms with Crippen LogP contribution in [0, 0.1) is 13.8 Å². The monoisotopic (exact) mass is 381 g/mol. The largest absolute Gasteiger partial charge is 0.497 e. The Morgan fingerprint density at radius 1 is 0.889 bits per heavy atom. The van der Waals surface area contributed by atoms with Crippen LogP contribution >= 0.6 is 0 Å². The number of nitrogens with zero attached hydrogens (tertiary/aromatic N) is 1. The molecule has 0 saturated heterocycles. The summed E-state index contributed by atoms with van der Waals surface area (Å²) >= 11 is 0. The lowest BCUT2D eigenvalue weighted by atomic mass is 10.1. The van der Waals surface area contributed by atoms with Gasteiger partial charge in [0.25, 0.3) is 10.0 Å². The van der Waals surface area contributed by atoms with Gasteiger partial charge in [-0.05, 0) is 54.8 Å². The lowest BCUT2D eigenvalue weighted by Gasteiger charge is -2.26. The van der Waals surface area contributed by atoms with Crippen LogP contribution in [0.3, 0.4) is 0 Å². The summed E-state index contributed by atoms with van der Waals surface area (Å²) in [4.78, 5) is 0.277. The highest BCUT2D eigenvalue weighted by atomic mass is 32.2. The maximum atomic E-state index is 13.5. The van der Waals surface area contributed by atoms with Crippen LogP contribution < -0.4 is 9.04 Å². The number of anilines is 1. The summed E-state index contributed by atoms with van der Waals surface area (Å²) in [7, 11) is -2.17. The van der Waals surface area contributed by atoms with E-state index in [0.717, 1.165) is 16.7 Å². The zero-order valence-corrected chi connectivity index (χ0v) is 16.5. The molecule has 0 aliphatic heterocycles. The Hall–Kier alpha value is -2.79. The van der Waals surface area contributed by atoms with E-state index in [2.05, 4.69) is 0 Å². The van der Waals surface area contributed by atoms with Crippen molar-refractivity contribution in [1.29, 1.82) is 0 Å². The van der Waals surface area contributed by atoms with Crippen molar-refractivity contribution in [2.45, 2.75) is 25.3 Å². The molecule has 0 aliphatic carbocycles. The number of sulfonamides is 1. The highest BCUT2D eigenvalue weighted by Crippen LogP contribution is 2.29. The molecule has 3 aromatic rings. The lowest BCUT2D eigenvalue weighted by Crippen LogP contribution is -2.31. The average Bonchev–Trinajstić information content (AvgIpc) is 2.67. The number of hydrogen-bond acceptors (Lipinski definition) is 3. The molecule has 3 aromatic carbocycles. The molecule has 0 radical (unpaired) electrons. The van der Waals surface area contributed by atoms with E-state index in [1.807, 2.05) is 44.2 Å². The Morgan fingerprint density at radius 2 is 1.63 bits per heavy atom. The molecule has 4 nitrogen and oxygen atoms in total. The van der Waals surface area contributed by atoms with E-state index in [-0.39, 0.29) is 11.4 Å². The molecule has 0 N–H and O–H groups in total. The zero-order valence-electron chi connectivity index (χ0n) is 15.7. The zero-order chi connectivity index (χ0) is 19.4. The van der Waals surface area contributed by atoms with Crippen LogP contribution in [0.4, 0.5) is 5.69 Å². The van der Waals surface area contributed by atoms with E-state index in [9.17, 15) is 8.42 Å². The van der Waals surface area contributed by atoms with E-state index in [0.29, 0.717) is 11.4 Å². The summed E-state index contributed by atoms with van der Waals surface area (Å²) in [5.74, 6) is 0.613. The first-order valence-electron chi connectivity index (χ1n) is 8.70. The molecule has 0 spiro atoms. The first kappa shape index (κ1) is 19.0. The maximum absolute atomic E-state index is 13.5. The second-order valence-electron chi connectivity index (χ2n) is 6.46. The normalized spacial score (nSPS) is 11.2. The predicted octanol–water partition coefficient (Wildman–Crippen LogP) is 4.71. The van der Waals surface area contributed by atoms with Gasteiger partial charge in [-0.3, -0.25) is 4.31 Å². The van der Waals surface area contributed by atoms with Crippen LogP contribution in [-0.2, 0) is 16.6 Å². The molecule has 0 saturated carbocycles. The van der Waals surface area contributed by atoms with Crippen LogP contribution in [0.25, 0.3) is 0 Å². The lowest BCUT2D eigenvalue weighted by molar-refractivity contribution is 0.415. The molecule has 0 bridgehead atoms. The van der Waals surface area contributed by atoms with Gasteiger partial charge in [-0.1, -0.05) is 42.5 Å². The third-order valence-corrected chi connectivity index (χ3v) is 6.26. The minimum atomic E-state index is -3.74. The summed E-state index contributed by atoms with van der Waals surface area (Å²) in [5.41, 5.74) is 3.47.